The van der Waals surface area contributed by atoms with E-state index < -0.39 is 42.3 Å². The number of amides is 1. The number of hydrogen-bond acceptors (Lipinski definition) is 2. The Hall–Kier alpha value is -1.77. The van der Waals surface area contributed by atoms with Crippen LogP contribution in [0.4, 0.5) is 26.3 Å². The highest BCUT2D eigenvalue weighted by Crippen LogP contribution is 2.34. The quantitative estimate of drug-likeness (QED) is 0.830. The molecule has 0 unspecified atom stereocenters. The maximum absolute atomic E-state index is 13.1. The highest BCUT2D eigenvalue weighted by atomic mass is 19.4. The van der Waals surface area contributed by atoms with Gasteiger partial charge in [-0.05, 0) is 24.5 Å². The van der Waals surface area contributed by atoms with Crippen molar-refractivity contribution in [1.29, 1.82) is 0 Å². The predicted octanol–water partition coefficient (Wildman–Crippen LogP) is 3.13. The van der Waals surface area contributed by atoms with Gasteiger partial charge in [0, 0.05) is 12.6 Å². The van der Waals surface area contributed by atoms with E-state index in [2.05, 4.69) is 0 Å². The van der Waals surface area contributed by atoms with Crippen LogP contribution >= 0.6 is 0 Å². The van der Waals surface area contributed by atoms with Crippen LogP contribution in [0.5, 0.6) is 0 Å². The van der Waals surface area contributed by atoms with Crippen molar-refractivity contribution >= 4 is 5.91 Å². The van der Waals surface area contributed by atoms with Gasteiger partial charge < -0.3 is 10.6 Å². The molecule has 0 aromatic heterocycles. The van der Waals surface area contributed by atoms with Crippen LogP contribution in [-0.4, -0.2) is 35.6 Å². The molecule has 1 aromatic carbocycles. The van der Waals surface area contributed by atoms with Crippen molar-refractivity contribution in [3.8, 4) is 0 Å². The molecular weight excluding hydrogens is 338 g/mol. The summed E-state index contributed by atoms with van der Waals surface area (Å²) in [4.78, 5) is 12.8. The molecule has 0 saturated carbocycles. The fraction of sp³-hybridized carbons (Fsp3) is 0.533. The summed E-state index contributed by atoms with van der Waals surface area (Å²) in [6.45, 7) is -0.322. The van der Waals surface area contributed by atoms with Gasteiger partial charge in [0.2, 0.25) is 5.91 Å². The molecule has 2 atom stereocenters. The SMILES string of the molecule is N[C@@H]1CC[C@@H](C(F)(F)F)N(C(=O)Cc2ccccc2C(F)(F)F)C1. The van der Waals surface area contributed by atoms with E-state index in [-0.39, 0.29) is 24.9 Å². The number of alkyl halides is 6. The van der Waals surface area contributed by atoms with Gasteiger partial charge in [0.15, 0.2) is 0 Å². The number of carbonyl (C=O) groups excluding carboxylic acids is 1. The molecule has 0 aliphatic carbocycles. The van der Waals surface area contributed by atoms with Crippen molar-refractivity contribution in [2.24, 2.45) is 5.73 Å². The van der Waals surface area contributed by atoms with E-state index in [1.165, 1.54) is 6.07 Å². The van der Waals surface area contributed by atoms with Crippen molar-refractivity contribution in [2.45, 2.75) is 43.7 Å². The Morgan fingerprint density at radius 3 is 2.33 bits per heavy atom. The second-order valence-corrected chi connectivity index (χ2v) is 5.77. The standard InChI is InChI=1S/C15H16F6N2O/c16-14(17,18)11-4-2-1-3-9(11)7-13(24)23-8-10(22)5-6-12(23)15(19,20)21/h1-4,10,12H,5-8,22H2/t10-,12+/m1/s1. The molecule has 1 aliphatic heterocycles. The number of halogens is 6. The van der Waals surface area contributed by atoms with E-state index in [0.717, 1.165) is 18.2 Å². The van der Waals surface area contributed by atoms with E-state index in [1.54, 1.807) is 0 Å². The number of carbonyl (C=O) groups is 1. The second kappa shape index (κ2) is 6.62. The van der Waals surface area contributed by atoms with E-state index in [4.69, 9.17) is 5.73 Å². The maximum atomic E-state index is 13.1. The number of nitrogens with two attached hydrogens (primary N) is 1. The first-order valence-corrected chi connectivity index (χ1v) is 7.27. The Kier molecular flexibility index (Phi) is 5.12. The molecule has 1 fully saturated rings. The van der Waals surface area contributed by atoms with Crippen LogP contribution in [0.25, 0.3) is 0 Å². The van der Waals surface area contributed by atoms with Gasteiger partial charge in [0.1, 0.15) is 6.04 Å². The molecule has 0 spiro atoms. The maximum Gasteiger partial charge on any atom is 0.416 e. The predicted molar refractivity (Wildman–Crippen MR) is 73.9 cm³/mol. The Labute approximate surface area is 134 Å². The van der Waals surface area contributed by atoms with Crippen molar-refractivity contribution in [3.63, 3.8) is 0 Å². The number of hydrogen-bond donors (Lipinski definition) is 1. The van der Waals surface area contributed by atoms with Crippen LogP contribution in [0.1, 0.15) is 24.0 Å². The summed E-state index contributed by atoms with van der Waals surface area (Å²) in [5.74, 6) is -1.01. The Morgan fingerprint density at radius 2 is 1.75 bits per heavy atom. The summed E-state index contributed by atoms with van der Waals surface area (Å²) in [6.07, 6.45) is -10.3. The fourth-order valence-corrected chi connectivity index (χ4v) is 2.83. The van der Waals surface area contributed by atoms with Gasteiger partial charge >= 0.3 is 12.4 Å². The minimum Gasteiger partial charge on any atom is -0.329 e. The molecule has 1 aliphatic rings. The summed E-state index contributed by atoms with van der Waals surface area (Å²) in [5, 5.41) is 0. The first-order valence-electron chi connectivity index (χ1n) is 7.27. The van der Waals surface area contributed by atoms with Gasteiger partial charge in [0.25, 0.3) is 0 Å². The minimum atomic E-state index is -4.68. The third kappa shape index (κ3) is 4.19. The number of likely N-dealkylation sites (tertiary alicyclic amines) is 1. The lowest BCUT2D eigenvalue weighted by Crippen LogP contribution is -2.57. The summed E-state index contributed by atoms with van der Waals surface area (Å²) in [6, 6.07) is 1.72. The molecule has 3 nitrogen and oxygen atoms in total. The van der Waals surface area contributed by atoms with Gasteiger partial charge in [-0.15, -0.1) is 0 Å². The molecule has 1 aromatic rings. The minimum absolute atomic E-state index is 0.104. The summed E-state index contributed by atoms with van der Waals surface area (Å²) in [5.41, 5.74) is 4.24. The highest BCUT2D eigenvalue weighted by molar-refractivity contribution is 5.79. The number of piperidine rings is 1. The number of nitrogens with zero attached hydrogens (tertiary/aromatic N) is 1. The van der Waals surface area contributed by atoms with E-state index in [9.17, 15) is 31.1 Å². The van der Waals surface area contributed by atoms with Crippen molar-refractivity contribution in [2.75, 3.05) is 6.54 Å². The zero-order valence-corrected chi connectivity index (χ0v) is 12.5. The zero-order valence-electron chi connectivity index (χ0n) is 12.5. The molecule has 9 heteroatoms. The third-order valence-corrected chi connectivity index (χ3v) is 3.98. The summed E-state index contributed by atoms with van der Waals surface area (Å²) in [7, 11) is 0. The van der Waals surface area contributed by atoms with Crippen LogP contribution in [0.2, 0.25) is 0 Å². The monoisotopic (exact) mass is 354 g/mol. The molecule has 1 amide bonds. The normalized spacial score (nSPS) is 22.5. The van der Waals surface area contributed by atoms with E-state index >= 15 is 0 Å². The van der Waals surface area contributed by atoms with Crippen molar-refractivity contribution in [1.82, 2.24) is 4.90 Å². The number of rotatable bonds is 2. The third-order valence-electron chi connectivity index (χ3n) is 3.98. The van der Waals surface area contributed by atoms with Gasteiger partial charge in [0.05, 0.1) is 12.0 Å². The van der Waals surface area contributed by atoms with Gasteiger partial charge in [-0.2, -0.15) is 26.3 Å². The van der Waals surface area contributed by atoms with E-state index in [1.807, 2.05) is 0 Å². The lowest BCUT2D eigenvalue weighted by atomic mass is 9.96. The first-order chi connectivity index (χ1) is 11.0. The van der Waals surface area contributed by atoms with Crippen LogP contribution in [0, 0.1) is 0 Å². The second-order valence-electron chi connectivity index (χ2n) is 5.77. The van der Waals surface area contributed by atoms with Gasteiger partial charge in [-0.1, -0.05) is 18.2 Å². The molecule has 2 rings (SSSR count). The summed E-state index contributed by atoms with van der Waals surface area (Å²) >= 11 is 0. The molecule has 0 bridgehead atoms. The summed E-state index contributed by atoms with van der Waals surface area (Å²) < 4.78 is 78.0. The van der Waals surface area contributed by atoms with E-state index in [0.29, 0.717) is 4.90 Å². The topological polar surface area (TPSA) is 46.3 Å². The largest absolute Gasteiger partial charge is 0.416 e. The Morgan fingerprint density at radius 1 is 1.12 bits per heavy atom. The molecule has 0 radical (unpaired) electrons. The van der Waals surface area contributed by atoms with Crippen LogP contribution < -0.4 is 5.73 Å². The molecular formula is C15H16F6N2O. The van der Waals surface area contributed by atoms with Gasteiger partial charge in [-0.25, -0.2) is 0 Å². The average Bonchev–Trinajstić information content (AvgIpc) is 2.45. The van der Waals surface area contributed by atoms with Crippen LogP contribution in [-0.2, 0) is 17.4 Å². The smallest absolute Gasteiger partial charge is 0.329 e. The molecule has 1 saturated heterocycles. The zero-order chi connectivity index (χ0) is 18.1. The molecule has 1 heterocycles. The van der Waals surface area contributed by atoms with Crippen molar-refractivity contribution in [3.05, 3.63) is 35.4 Å². The molecule has 24 heavy (non-hydrogen) atoms. The molecule has 134 valence electrons. The number of benzene rings is 1. The Balaban J connectivity index is 2.25. The highest BCUT2D eigenvalue weighted by Gasteiger charge is 2.47. The van der Waals surface area contributed by atoms with Crippen molar-refractivity contribution < 1.29 is 31.1 Å². The fourth-order valence-electron chi connectivity index (χ4n) is 2.83. The lowest BCUT2D eigenvalue weighted by Gasteiger charge is -2.39. The van der Waals surface area contributed by atoms with Crippen LogP contribution in [0.15, 0.2) is 24.3 Å². The lowest BCUT2D eigenvalue weighted by molar-refractivity contribution is -0.196. The first kappa shape index (κ1) is 18.6. The average molecular weight is 354 g/mol. The van der Waals surface area contributed by atoms with Crippen LogP contribution in [0.3, 0.4) is 0 Å². The molecule has 2 N–H and O–H groups in total. The van der Waals surface area contributed by atoms with Gasteiger partial charge in [-0.3, -0.25) is 4.79 Å². The Bertz CT molecular complexity index is 598.